The van der Waals surface area contributed by atoms with Crippen molar-refractivity contribution in [3.63, 3.8) is 0 Å². The van der Waals surface area contributed by atoms with Crippen molar-refractivity contribution >= 4 is 11.6 Å². The van der Waals surface area contributed by atoms with Gasteiger partial charge in [0.25, 0.3) is 0 Å². The van der Waals surface area contributed by atoms with E-state index in [-0.39, 0.29) is 12.5 Å². The minimum absolute atomic E-state index is 0.0948. The Balaban J connectivity index is 1.62. The lowest BCUT2D eigenvalue weighted by atomic mass is 10.2. The van der Waals surface area contributed by atoms with E-state index < -0.39 is 6.10 Å². The van der Waals surface area contributed by atoms with Gasteiger partial charge < -0.3 is 15.2 Å². The molecular weight excluding hydrogens is 380 g/mol. The highest BCUT2D eigenvalue weighted by Crippen LogP contribution is 2.23. The number of aliphatic hydroxyl groups is 1. The van der Waals surface area contributed by atoms with Crippen LogP contribution in [0.3, 0.4) is 0 Å². The number of nitrogens with zero attached hydrogens (tertiary/aromatic N) is 3. The third-order valence-electron chi connectivity index (χ3n) is 4.32. The van der Waals surface area contributed by atoms with Gasteiger partial charge in [0.05, 0.1) is 17.1 Å². The average Bonchev–Trinajstić information content (AvgIpc) is 2.74. The molecule has 7 nitrogen and oxygen atoms in total. The number of nitrogens with one attached hydrogen (secondary N) is 1. The van der Waals surface area contributed by atoms with Crippen LogP contribution >= 0.6 is 0 Å². The summed E-state index contributed by atoms with van der Waals surface area (Å²) in [6, 6.07) is 18.7. The minimum Gasteiger partial charge on any atom is -0.489 e. The largest absolute Gasteiger partial charge is 0.489 e. The minimum atomic E-state index is -0.734. The molecule has 1 aromatic carbocycles. The van der Waals surface area contributed by atoms with Gasteiger partial charge in [-0.3, -0.25) is 19.7 Å². The van der Waals surface area contributed by atoms with Crippen LogP contribution in [0.4, 0.5) is 5.69 Å². The fourth-order valence-electron chi connectivity index (χ4n) is 3.05. The molecule has 30 heavy (non-hydrogen) atoms. The Kier molecular flexibility index (Phi) is 7.88. The molecule has 1 atom stereocenters. The number of carbonyl (C=O) groups is 1. The number of hydrogen-bond donors (Lipinski definition) is 2. The molecule has 0 radical (unpaired) electrons. The number of benzene rings is 1. The molecule has 0 bridgehead atoms. The molecule has 156 valence electrons. The summed E-state index contributed by atoms with van der Waals surface area (Å²) >= 11 is 0. The Labute approximate surface area is 176 Å². The van der Waals surface area contributed by atoms with E-state index in [0.29, 0.717) is 31.1 Å². The zero-order valence-corrected chi connectivity index (χ0v) is 16.9. The van der Waals surface area contributed by atoms with Gasteiger partial charge in [-0.05, 0) is 36.4 Å². The van der Waals surface area contributed by atoms with E-state index in [1.54, 1.807) is 24.5 Å². The van der Waals surface area contributed by atoms with E-state index >= 15 is 0 Å². The van der Waals surface area contributed by atoms with Crippen molar-refractivity contribution < 1.29 is 14.6 Å². The van der Waals surface area contributed by atoms with Crippen molar-refractivity contribution in [3.05, 3.63) is 84.4 Å². The summed E-state index contributed by atoms with van der Waals surface area (Å²) in [6.45, 7) is 3.08. The van der Waals surface area contributed by atoms with Crippen LogP contribution in [0.2, 0.25) is 0 Å². The van der Waals surface area contributed by atoms with Gasteiger partial charge in [-0.15, -0.1) is 0 Å². The van der Waals surface area contributed by atoms with Gasteiger partial charge in [-0.2, -0.15) is 0 Å². The maximum Gasteiger partial charge on any atom is 0.221 e. The first kappa shape index (κ1) is 21.4. The van der Waals surface area contributed by atoms with E-state index in [1.165, 1.54) is 6.92 Å². The molecule has 0 saturated heterocycles. The maximum absolute atomic E-state index is 11.4. The molecule has 2 aromatic heterocycles. The Hall–Kier alpha value is -3.29. The van der Waals surface area contributed by atoms with E-state index in [0.717, 1.165) is 11.4 Å². The summed E-state index contributed by atoms with van der Waals surface area (Å²) in [6.07, 6.45) is 2.78. The van der Waals surface area contributed by atoms with Gasteiger partial charge >= 0.3 is 0 Å². The first-order chi connectivity index (χ1) is 14.6. The number of hydrogen-bond acceptors (Lipinski definition) is 6. The van der Waals surface area contributed by atoms with Gasteiger partial charge in [-0.25, -0.2) is 0 Å². The summed E-state index contributed by atoms with van der Waals surface area (Å²) in [5.41, 5.74) is 2.41. The fourth-order valence-corrected chi connectivity index (χ4v) is 3.05. The predicted octanol–water partition coefficient (Wildman–Crippen LogP) is 2.88. The number of amides is 1. The van der Waals surface area contributed by atoms with Crippen LogP contribution in [0.15, 0.2) is 73.1 Å². The van der Waals surface area contributed by atoms with Crippen molar-refractivity contribution in [2.45, 2.75) is 26.1 Å². The normalized spacial score (nSPS) is 11.8. The number of carbonyl (C=O) groups excluding carboxylic acids is 1. The van der Waals surface area contributed by atoms with E-state index in [9.17, 15) is 9.90 Å². The van der Waals surface area contributed by atoms with Crippen molar-refractivity contribution in [3.8, 4) is 5.75 Å². The second-order valence-electron chi connectivity index (χ2n) is 6.95. The zero-order valence-electron chi connectivity index (χ0n) is 16.9. The van der Waals surface area contributed by atoms with Crippen molar-refractivity contribution in [2.75, 3.05) is 18.5 Å². The van der Waals surface area contributed by atoms with Crippen LogP contribution < -0.4 is 10.1 Å². The van der Waals surface area contributed by atoms with Crippen molar-refractivity contribution in [1.29, 1.82) is 0 Å². The van der Waals surface area contributed by atoms with Gasteiger partial charge in [0, 0.05) is 39.0 Å². The number of ether oxygens (including phenoxy) is 1. The van der Waals surface area contributed by atoms with Crippen LogP contribution in [-0.2, 0) is 17.9 Å². The molecule has 0 spiro atoms. The molecule has 2 N–H and O–H groups in total. The van der Waals surface area contributed by atoms with Crippen LogP contribution in [-0.4, -0.2) is 45.1 Å². The lowest BCUT2D eigenvalue weighted by Gasteiger charge is -2.25. The number of aliphatic hydroxyl groups excluding tert-OH is 1. The molecule has 1 unspecified atom stereocenters. The van der Waals surface area contributed by atoms with Crippen molar-refractivity contribution in [1.82, 2.24) is 14.9 Å². The summed E-state index contributed by atoms with van der Waals surface area (Å²) < 4.78 is 5.78. The molecule has 1 amide bonds. The lowest BCUT2D eigenvalue weighted by Crippen LogP contribution is -2.35. The smallest absolute Gasteiger partial charge is 0.221 e. The van der Waals surface area contributed by atoms with Gasteiger partial charge in [0.15, 0.2) is 0 Å². The van der Waals surface area contributed by atoms with Gasteiger partial charge in [0.2, 0.25) is 5.91 Å². The molecular formula is C23H26N4O3. The highest BCUT2D eigenvalue weighted by Gasteiger charge is 2.16. The van der Waals surface area contributed by atoms with Crippen LogP contribution in [0.1, 0.15) is 18.3 Å². The summed E-state index contributed by atoms with van der Waals surface area (Å²) in [5.74, 6) is 0.344. The summed E-state index contributed by atoms with van der Waals surface area (Å²) in [4.78, 5) is 22.2. The topological polar surface area (TPSA) is 87.6 Å². The second-order valence-corrected chi connectivity index (χ2v) is 6.95. The number of anilines is 1. The fraction of sp³-hybridized carbons (Fsp3) is 0.261. The highest BCUT2D eigenvalue weighted by molar-refractivity contribution is 5.90. The third-order valence-corrected chi connectivity index (χ3v) is 4.32. The van der Waals surface area contributed by atoms with Gasteiger partial charge in [-0.1, -0.05) is 24.3 Å². The molecule has 0 aliphatic carbocycles. The Morgan fingerprint density at radius 3 is 2.17 bits per heavy atom. The van der Waals surface area contributed by atoms with E-state index in [4.69, 9.17) is 4.74 Å². The lowest BCUT2D eigenvalue weighted by molar-refractivity contribution is -0.114. The quantitative estimate of drug-likeness (QED) is 0.538. The Morgan fingerprint density at radius 1 is 1.00 bits per heavy atom. The molecule has 0 aliphatic heterocycles. The van der Waals surface area contributed by atoms with Gasteiger partial charge in [0.1, 0.15) is 18.5 Å². The SMILES string of the molecule is CC(=O)Nc1ccccc1OCC(O)CN(Cc1ccccn1)Cc1ccccn1. The highest BCUT2D eigenvalue weighted by atomic mass is 16.5. The van der Waals surface area contributed by atoms with E-state index in [2.05, 4.69) is 20.2 Å². The van der Waals surface area contributed by atoms with Crippen LogP contribution in [0.25, 0.3) is 0 Å². The molecule has 0 fully saturated rings. The van der Waals surface area contributed by atoms with E-state index in [1.807, 2.05) is 48.5 Å². The molecule has 7 heteroatoms. The number of para-hydroxylation sites is 2. The number of pyridine rings is 2. The molecule has 0 aliphatic rings. The second kappa shape index (κ2) is 11.0. The van der Waals surface area contributed by atoms with Crippen LogP contribution in [0, 0.1) is 0 Å². The molecule has 0 saturated carbocycles. The molecule has 3 rings (SSSR count). The average molecular weight is 406 g/mol. The standard InChI is InChI=1S/C23H26N4O3/c1-18(28)26-22-10-2-3-11-23(22)30-17-21(29)16-27(14-19-8-4-6-12-24-19)15-20-9-5-7-13-25-20/h2-13,21,29H,14-17H2,1H3,(H,26,28). The van der Waals surface area contributed by atoms with Crippen molar-refractivity contribution in [2.24, 2.45) is 0 Å². The molecule has 3 aromatic rings. The zero-order chi connectivity index (χ0) is 21.2. The Bertz CT molecular complexity index is 881. The predicted molar refractivity (Wildman–Crippen MR) is 115 cm³/mol. The maximum atomic E-state index is 11.4. The number of aromatic nitrogens is 2. The first-order valence-electron chi connectivity index (χ1n) is 9.80. The summed E-state index contributed by atoms with van der Waals surface area (Å²) in [5, 5.41) is 13.3. The monoisotopic (exact) mass is 406 g/mol. The number of rotatable bonds is 10. The van der Waals surface area contributed by atoms with Crippen LogP contribution in [0.5, 0.6) is 5.75 Å². The Morgan fingerprint density at radius 2 is 1.60 bits per heavy atom. The summed E-state index contributed by atoms with van der Waals surface area (Å²) in [7, 11) is 0. The first-order valence-corrected chi connectivity index (χ1v) is 9.80. The third kappa shape index (κ3) is 6.95. The molecule has 2 heterocycles.